The number of hydrogen-bond donors (Lipinski definition) is 3. The van der Waals surface area contributed by atoms with Crippen LogP contribution in [-0.2, 0) is 19.4 Å². The number of nitrogens with one attached hydrogen (secondary N) is 3. The van der Waals surface area contributed by atoms with Gasteiger partial charge in [0.25, 0.3) is 0 Å². The number of sulfone groups is 1. The van der Waals surface area contributed by atoms with E-state index in [1.807, 2.05) is 0 Å². The van der Waals surface area contributed by atoms with Crippen LogP contribution in [0.1, 0.15) is 25.7 Å². The molecule has 1 heterocycles. The molecule has 0 saturated carbocycles. The molecular formula is C18H29N3O4S. The average molecular weight is 384 g/mol. The molecule has 3 N–H and O–H groups in total. The van der Waals surface area contributed by atoms with Crippen molar-refractivity contribution in [3.05, 3.63) is 18.2 Å². The molecule has 1 aromatic carbocycles. The molecule has 0 aromatic heterocycles. The molecule has 146 valence electrons. The predicted octanol–water partition coefficient (Wildman–Crippen LogP) is 1.87. The van der Waals surface area contributed by atoms with Gasteiger partial charge in [-0.1, -0.05) is 0 Å². The lowest BCUT2D eigenvalue weighted by Crippen LogP contribution is -2.28. The van der Waals surface area contributed by atoms with Crippen molar-refractivity contribution in [3.63, 3.8) is 0 Å². The molecule has 0 radical (unpaired) electrons. The second-order valence-electron chi connectivity index (χ2n) is 6.68. The fourth-order valence-electron chi connectivity index (χ4n) is 3.02. The highest BCUT2D eigenvalue weighted by Gasteiger charge is 2.16. The molecule has 7 nitrogen and oxygen atoms in total. The topological polar surface area (TPSA) is 96.5 Å². The highest BCUT2D eigenvalue weighted by atomic mass is 32.2. The van der Waals surface area contributed by atoms with Crippen molar-refractivity contribution in [2.75, 3.05) is 50.2 Å². The third-order valence-electron chi connectivity index (χ3n) is 4.55. The monoisotopic (exact) mass is 383 g/mol. The minimum absolute atomic E-state index is 0.0935. The number of carbonyl (C=O) groups is 1. The fourth-order valence-corrected chi connectivity index (χ4v) is 3.66. The van der Waals surface area contributed by atoms with Crippen LogP contribution >= 0.6 is 0 Å². The second kappa shape index (κ2) is 9.89. The highest BCUT2D eigenvalue weighted by Crippen LogP contribution is 2.26. The van der Waals surface area contributed by atoms with Gasteiger partial charge in [0.1, 0.15) is 0 Å². The Kier molecular flexibility index (Phi) is 7.86. The molecule has 0 bridgehead atoms. The van der Waals surface area contributed by atoms with E-state index in [0.717, 1.165) is 38.6 Å². The molecule has 0 unspecified atom stereocenters. The van der Waals surface area contributed by atoms with Crippen LogP contribution in [0, 0.1) is 5.92 Å². The first-order chi connectivity index (χ1) is 12.4. The number of ether oxygens (including phenoxy) is 1. The molecule has 26 heavy (non-hydrogen) atoms. The largest absolute Gasteiger partial charge is 0.383 e. The van der Waals surface area contributed by atoms with Gasteiger partial charge >= 0.3 is 0 Å². The predicted molar refractivity (Wildman–Crippen MR) is 103 cm³/mol. The van der Waals surface area contributed by atoms with Crippen molar-refractivity contribution < 1.29 is 17.9 Å². The summed E-state index contributed by atoms with van der Waals surface area (Å²) in [5.74, 6) is 0.479. The fraction of sp³-hybridized carbons (Fsp3) is 0.611. The van der Waals surface area contributed by atoms with E-state index in [1.54, 1.807) is 13.2 Å². The lowest BCUT2D eigenvalue weighted by atomic mass is 9.93. The van der Waals surface area contributed by atoms with Gasteiger partial charge in [-0.05, 0) is 56.5 Å². The zero-order valence-electron chi connectivity index (χ0n) is 15.5. The van der Waals surface area contributed by atoms with Gasteiger partial charge in [0.05, 0.1) is 22.9 Å². The van der Waals surface area contributed by atoms with Crippen LogP contribution in [0.5, 0.6) is 0 Å². The molecule has 1 amide bonds. The van der Waals surface area contributed by atoms with E-state index in [2.05, 4.69) is 16.0 Å². The van der Waals surface area contributed by atoms with E-state index in [4.69, 9.17) is 4.74 Å². The van der Waals surface area contributed by atoms with Crippen LogP contribution in [0.25, 0.3) is 0 Å². The maximum atomic E-state index is 12.4. The summed E-state index contributed by atoms with van der Waals surface area (Å²) in [6.07, 6.45) is 4.64. The summed E-state index contributed by atoms with van der Waals surface area (Å²) >= 11 is 0. The summed E-state index contributed by atoms with van der Waals surface area (Å²) in [5, 5.41) is 9.35. The van der Waals surface area contributed by atoms with E-state index in [0.29, 0.717) is 36.9 Å². The third kappa shape index (κ3) is 6.59. The summed E-state index contributed by atoms with van der Waals surface area (Å²) in [4.78, 5) is 12.6. The number of methoxy groups -OCH3 is 1. The molecule has 8 heteroatoms. The molecule has 0 aliphatic carbocycles. The van der Waals surface area contributed by atoms with Crippen LogP contribution in [0.2, 0.25) is 0 Å². The van der Waals surface area contributed by atoms with Gasteiger partial charge in [0.2, 0.25) is 5.91 Å². The van der Waals surface area contributed by atoms with Crippen molar-refractivity contribution >= 4 is 27.1 Å². The van der Waals surface area contributed by atoms with Crippen molar-refractivity contribution in [3.8, 4) is 0 Å². The Labute approximate surface area is 155 Å². The van der Waals surface area contributed by atoms with Crippen LogP contribution in [0.4, 0.5) is 11.4 Å². The van der Waals surface area contributed by atoms with E-state index in [-0.39, 0.29) is 10.8 Å². The molecule has 1 aliphatic rings. The number of benzene rings is 1. The summed E-state index contributed by atoms with van der Waals surface area (Å²) in [6, 6.07) is 4.72. The van der Waals surface area contributed by atoms with Crippen molar-refractivity contribution in [2.24, 2.45) is 5.92 Å². The molecule has 2 rings (SSSR count). The smallest absolute Gasteiger partial charge is 0.224 e. The molecular weight excluding hydrogens is 354 g/mol. The van der Waals surface area contributed by atoms with E-state index in [9.17, 15) is 13.2 Å². The number of amides is 1. The maximum absolute atomic E-state index is 12.4. The lowest BCUT2D eigenvalue weighted by Gasteiger charge is -2.22. The quantitative estimate of drug-likeness (QED) is 0.563. The van der Waals surface area contributed by atoms with Crippen molar-refractivity contribution in [1.29, 1.82) is 0 Å². The minimum atomic E-state index is -3.34. The minimum Gasteiger partial charge on any atom is -0.383 e. The molecule has 1 fully saturated rings. The molecule has 0 atom stereocenters. The van der Waals surface area contributed by atoms with Gasteiger partial charge in [-0.2, -0.15) is 0 Å². The Hall–Kier alpha value is -1.64. The Morgan fingerprint density at radius 3 is 2.65 bits per heavy atom. The Balaban J connectivity index is 2.04. The van der Waals surface area contributed by atoms with Gasteiger partial charge in [0.15, 0.2) is 9.84 Å². The standard InChI is InChI=1S/C18H29N3O4S/c1-25-12-11-20-16-5-4-15(26(2,23)24)13-17(16)21-18(22)6-3-14-7-9-19-10-8-14/h4-5,13-14,19-20H,3,6-12H2,1-2H3,(H,21,22). The molecule has 1 aromatic rings. The van der Waals surface area contributed by atoms with Gasteiger partial charge in [-0.25, -0.2) is 8.42 Å². The molecule has 1 saturated heterocycles. The third-order valence-corrected chi connectivity index (χ3v) is 5.66. The average Bonchev–Trinajstić information content (AvgIpc) is 2.61. The Bertz CT molecular complexity index is 700. The number of hydrogen-bond acceptors (Lipinski definition) is 6. The first-order valence-corrected chi connectivity index (χ1v) is 10.9. The van der Waals surface area contributed by atoms with Crippen molar-refractivity contribution in [2.45, 2.75) is 30.6 Å². The Morgan fingerprint density at radius 2 is 2.00 bits per heavy atom. The molecule has 1 aliphatic heterocycles. The van der Waals surface area contributed by atoms with Gasteiger partial charge in [0, 0.05) is 26.3 Å². The van der Waals surface area contributed by atoms with Gasteiger partial charge < -0.3 is 20.7 Å². The maximum Gasteiger partial charge on any atom is 0.224 e. The zero-order chi connectivity index (χ0) is 19.0. The first-order valence-electron chi connectivity index (χ1n) is 8.97. The Morgan fingerprint density at radius 1 is 1.27 bits per heavy atom. The van der Waals surface area contributed by atoms with Crippen LogP contribution in [-0.4, -0.2) is 53.9 Å². The zero-order valence-corrected chi connectivity index (χ0v) is 16.3. The second-order valence-corrected chi connectivity index (χ2v) is 8.70. The summed E-state index contributed by atoms with van der Waals surface area (Å²) in [7, 11) is -1.73. The van der Waals surface area contributed by atoms with Crippen LogP contribution in [0.3, 0.4) is 0 Å². The van der Waals surface area contributed by atoms with Gasteiger partial charge in [-0.15, -0.1) is 0 Å². The summed E-state index contributed by atoms with van der Waals surface area (Å²) in [5.41, 5.74) is 1.17. The van der Waals surface area contributed by atoms with E-state index >= 15 is 0 Å². The highest BCUT2D eigenvalue weighted by molar-refractivity contribution is 7.90. The first kappa shape index (κ1) is 20.7. The van der Waals surface area contributed by atoms with Crippen molar-refractivity contribution in [1.82, 2.24) is 5.32 Å². The molecule has 0 spiro atoms. The summed E-state index contributed by atoms with van der Waals surface area (Å²) in [6.45, 7) is 3.09. The van der Waals surface area contributed by atoms with Crippen LogP contribution in [0.15, 0.2) is 23.1 Å². The SMILES string of the molecule is COCCNc1ccc(S(C)(=O)=O)cc1NC(=O)CCC1CCNCC1. The van der Waals surface area contributed by atoms with E-state index in [1.165, 1.54) is 12.1 Å². The summed E-state index contributed by atoms with van der Waals surface area (Å²) < 4.78 is 28.6. The lowest BCUT2D eigenvalue weighted by molar-refractivity contribution is -0.116. The number of anilines is 2. The van der Waals surface area contributed by atoms with E-state index < -0.39 is 9.84 Å². The van der Waals surface area contributed by atoms with Gasteiger partial charge in [-0.3, -0.25) is 4.79 Å². The number of rotatable bonds is 9. The van der Waals surface area contributed by atoms with Crippen LogP contribution < -0.4 is 16.0 Å². The normalized spacial score (nSPS) is 15.6. The number of carbonyl (C=O) groups excluding carboxylic acids is 1. The number of piperidine rings is 1.